The Hall–Kier alpha value is -3.90. The molecule has 0 atom stereocenters. The van der Waals surface area contributed by atoms with E-state index in [2.05, 4.69) is 159 Å². The van der Waals surface area contributed by atoms with Gasteiger partial charge in [0.05, 0.1) is 0 Å². The minimum Gasteiger partial charge on any atom is -0.0649 e. The summed E-state index contributed by atoms with van der Waals surface area (Å²) in [6.45, 7) is 18.0. The van der Waals surface area contributed by atoms with Crippen LogP contribution < -0.4 is 0 Å². The minimum atomic E-state index is 0.542. The number of benzene rings is 6. The van der Waals surface area contributed by atoms with Gasteiger partial charge in [-0.2, -0.15) is 0 Å². The quantitative estimate of drug-likeness (QED) is 0.197. The summed E-state index contributed by atoms with van der Waals surface area (Å²) in [6, 6.07) is 38.2. The number of hydrogen-bond acceptors (Lipinski definition) is 0. The van der Waals surface area contributed by atoms with Crippen LogP contribution in [0.5, 0.6) is 0 Å². The zero-order valence-corrected chi connectivity index (χ0v) is 26.1. The molecule has 0 aliphatic heterocycles. The summed E-state index contributed by atoms with van der Waals surface area (Å²) in [6.07, 6.45) is 1.28. The maximum Gasteiger partial charge on any atom is -0.00732 e. The van der Waals surface area contributed by atoms with Crippen molar-refractivity contribution < 1.29 is 0 Å². The molecule has 0 heteroatoms. The molecule has 0 bridgehead atoms. The molecule has 0 amide bonds. The minimum absolute atomic E-state index is 0.542. The first kappa shape index (κ1) is 28.6. The molecule has 0 spiro atoms. The van der Waals surface area contributed by atoms with E-state index in [9.17, 15) is 0 Å². The zero-order chi connectivity index (χ0) is 29.3. The van der Waals surface area contributed by atoms with Crippen LogP contribution in [0.3, 0.4) is 0 Å². The molecule has 41 heavy (non-hydrogen) atoms. The third kappa shape index (κ3) is 5.80. The molecule has 0 aliphatic carbocycles. The Labute approximate surface area is 247 Å². The van der Waals surface area contributed by atoms with Gasteiger partial charge < -0.3 is 0 Å². The summed E-state index contributed by atoms with van der Waals surface area (Å²) in [5.41, 5.74) is 9.64. The fraction of sp³-hybridized carbons (Fsp3) is 0.268. The first-order chi connectivity index (χ1) is 19.6. The second kappa shape index (κ2) is 11.5. The molecule has 208 valence electrons. The maximum absolute atomic E-state index is 2.37. The average molecular weight is 537 g/mol. The number of fused-ring (bicyclic) bond motifs is 4. The number of rotatable bonds is 4. The molecule has 0 nitrogen and oxygen atoms in total. The van der Waals surface area contributed by atoms with Crippen LogP contribution in [0, 0.1) is 32.1 Å². The molecule has 0 aliphatic rings. The molecule has 0 heterocycles. The Morgan fingerprint density at radius 3 is 1.83 bits per heavy atom. The highest BCUT2D eigenvalue weighted by molar-refractivity contribution is 6.08. The SMILES string of the molecule is CCC(C)(C)C(C)C.Cc1ccc2c(ccc3cc(-c4ccc(C)c(-c5c(C)ccc6ccccc56)c4)ccc32)c1. The van der Waals surface area contributed by atoms with Crippen molar-refractivity contribution in [2.75, 3.05) is 0 Å². The van der Waals surface area contributed by atoms with Gasteiger partial charge in [-0.1, -0.05) is 138 Å². The average Bonchev–Trinajstić information content (AvgIpc) is 2.97. The van der Waals surface area contributed by atoms with Gasteiger partial charge in [-0.15, -0.1) is 0 Å². The van der Waals surface area contributed by atoms with Gasteiger partial charge in [0.2, 0.25) is 0 Å². The summed E-state index contributed by atoms with van der Waals surface area (Å²) >= 11 is 0. The molecule has 0 N–H and O–H groups in total. The standard InChI is InChI=1S/C33H26.C8H18/c1-21-8-16-29-27(18-21)13-14-28-19-25(15-17-30(28)29)26-12-9-22(2)32(20-26)33-23(3)10-11-24-6-4-5-7-31(24)33;1-6-8(4,5)7(2)3/h4-20H,1-3H3;7H,6H2,1-5H3. The summed E-state index contributed by atoms with van der Waals surface area (Å²) in [5.74, 6) is 0.812. The normalized spacial score (nSPS) is 11.7. The second-order valence-corrected chi connectivity index (χ2v) is 12.7. The molecule has 0 unspecified atom stereocenters. The molecule has 0 saturated carbocycles. The van der Waals surface area contributed by atoms with E-state index in [1.807, 2.05) is 0 Å². The van der Waals surface area contributed by atoms with Gasteiger partial charge in [-0.05, 0) is 110 Å². The van der Waals surface area contributed by atoms with Crippen LogP contribution in [-0.4, -0.2) is 0 Å². The Morgan fingerprint density at radius 1 is 0.561 bits per heavy atom. The lowest BCUT2D eigenvalue weighted by molar-refractivity contribution is 0.240. The molecule has 6 aromatic rings. The zero-order valence-electron chi connectivity index (χ0n) is 26.1. The lowest BCUT2D eigenvalue weighted by Crippen LogP contribution is -2.17. The van der Waals surface area contributed by atoms with E-state index in [0.717, 1.165) is 5.92 Å². The van der Waals surface area contributed by atoms with Crippen molar-refractivity contribution in [2.24, 2.45) is 11.3 Å². The fourth-order valence-electron chi connectivity index (χ4n) is 5.59. The predicted octanol–water partition coefficient (Wildman–Crippen LogP) is 12.5. The smallest absolute Gasteiger partial charge is 0.00732 e. The summed E-state index contributed by atoms with van der Waals surface area (Å²) in [7, 11) is 0. The van der Waals surface area contributed by atoms with E-state index in [4.69, 9.17) is 0 Å². The monoisotopic (exact) mass is 536 g/mol. The maximum atomic E-state index is 2.37. The highest BCUT2D eigenvalue weighted by Crippen LogP contribution is 2.37. The highest BCUT2D eigenvalue weighted by Gasteiger charge is 2.18. The first-order valence-electron chi connectivity index (χ1n) is 15.1. The van der Waals surface area contributed by atoms with E-state index in [1.54, 1.807) is 0 Å². The van der Waals surface area contributed by atoms with Crippen LogP contribution in [0.1, 0.15) is 57.7 Å². The van der Waals surface area contributed by atoms with Crippen LogP contribution in [0.15, 0.2) is 103 Å². The first-order valence-corrected chi connectivity index (χ1v) is 15.1. The molecule has 0 fully saturated rings. The van der Waals surface area contributed by atoms with Crippen molar-refractivity contribution >= 4 is 32.3 Å². The number of aryl methyl sites for hydroxylation is 3. The van der Waals surface area contributed by atoms with E-state index in [1.165, 1.54) is 77.7 Å². The lowest BCUT2D eigenvalue weighted by atomic mass is 9.79. The highest BCUT2D eigenvalue weighted by atomic mass is 14.2. The van der Waals surface area contributed by atoms with Crippen LogP contribution >= 0.6 is 0 Å². The van der Waals surface area contributed by atoms with Gasteiger partial charge in [0.25, 0.3) is 0 Å². The van der Waals surface area contributed by atoms with Crippen molar-refractivity contribution in [1.82, 2.24) is 0 Å². The number of hydrogen-bond donors (Lipinski definition) is 0. The lowest BCUT2D eigenvalue weighted by Gasteiger charge is -2.27. The third-order valence-corrected chi connectivity index (χ3v) is 9.44. The Balaban J connectivity index is 0.000000372. The van der Waals surface area contributed by atoms with Crippen LogP contribution in [-0.2, 0) is 0 Å². The predicted molar refractivity (Wildman–Crippen MR) is 183 cm³/mol. The Bertz CT molecular complexity index is 1850. The van der Waals surface area contributed by atoms with Crippen molar-refractivity contribution in [3.63, 3.8) is 0 Å². The molecular weight excluding hydrogens is 492 g/mol. The fourth-order valence-corrected chi connectivity index (χ4v) is 5.59. The van der Waals surface area contributed by atoms with Crippen LogP contribution in [0.2, 0.25) is 0 Å². The van der Waals surface area contributed by atoms with Crippen LogP contribution in [0.4, 0.5) is 0 Å². The molecular formula is C41H44. The summed E-state index contributed by atoms with van der Waals surface area (Å²) in [5, 5.41) is 7.83. The molecule has 0 radical (unpaired) electrons. The topological polar surface area (TPSA) is 0 Å². The molecule has 0 saturated heterocycles. The van der Waals surface area contributed by atoms with Gasteiger partial charge in [-0.3, -0.25) is 0 Å². The van der Waals surface area contributed by atoms with Crippen molar-refractivity contribution in [3.8, 4) is 22.3 Å². The largest absolute Gasteiger partial charge is 0.0649 e. The van der Waals surface area contributed by atoms with Gasteiger partial charge in [0.1, 0.15) is 0 Å². The molecule has 0 aromatic heterocycles. The molecule has 6 rings (SSSR count). The van der Waals surface area contributed by atoms with Gasteiger partial charge in [0, 0.05) is 0 Å². The van der Waals surface area contributed by atoms with E-state index in [-0.39, 0.29) is 0 Å². The summed E-state index contributed by atoms with van der Waals surface area (Å²) < 4.78 is 0. The van der Waals surface area contributed by atoms with Crippen molar-refractivity contribution in [3.05, 3.63) is 120 Å². The Kier molecular flexibility index (Phi) is 8.05. The Morgan fingerprint density at radius 2 is 1.15 bits per heavy atom. The van der Waals surface area contributed by atoms with Crippen LogP contribution in [0.25, 0.3) is 54.6 Å². The van der Waals surface area contributed by atoms with Gasteiger partial charge >= 0.3 is 0 Å². The van der Waals surface area contributed by atoms with E-state index < -0.39 is 0 Å². The van der Waals surface area contributed by atoms with E-state index >= 15 is 0 Å². The van der Waals surface area contributed by atoms with E-state index in [0.29, 0.717) is 5.41 Å². The summed E-state index contributed by atoms with van der Waals surface area (Å²) in [4.78, 5) is 0. The van der Waals surface area contributed by atoms with Crippen molar-refractivity contribution in [2.45, 2.75) is 61.8 Å². The van der Waals surface area contributed by atoms with Gasteiger partial charge in [0.15, 0.2) is 0 Å². The van der Waals surface area contributed by atoms with Crippen molar-refractivity contribution in [1.29, 1.82) is 0 Å². The molecule has 6 aromatic carbocycles. The second-order valence-electron chi connectivity index (χ2n) is 12.7. The van der Waals surface area contributed by atoms with Gasteiger partial charge in [-0.25, -0.2) is 0 Å². The third-order valence-electron chi connectivity index (χ3n) is 9.44.